The second kappa shape index (κ2) is 7.64. The number of aryl methyl sites for hydroxylation is 1. The Hall–Kier alpha value is -2.29. The van der Waals surface area contributed by atoms with Gasteiger partial charge in [0.1, 0.15) is 5.75 Å². The Labute approximate surface area is 132 Å². The zero-order valence-corrected chi connectivity index (χ0v) is 13.4. The van der Waals surface area contributed by atoms with Crippen molar-refractivity contribution in [2.75, 3.05) is 11.9 Å². The van der Waals surface area contributed by atoms with Crippen LogP contribution in [0.15, 0.2) is 48.5 Å². The van der Waals surface area contributed by atoms with Crippen molar-refractivity contribution in [3.63, 3.8) is 0 Å². The molecule has 0 fully saturated rings. The van der Waals surface area contributed by atoms with Crippen molar-refractivity contribution in [1.82, 2.24) is 0 Å². The quantitative estimate of drug-likeness (QED) is 0.851. The minimum atomic E-state index is -0.141. The molecule has 1 N–H and O–H groups in total. The average Bonchev–Trinajstić information content (AvgIpc) is 2.53. The molecule has 2 aromatic rings. The molecule has 0 aliphatic rings. The van der Waals surface area contributed by atoms with Gasteiger partial charge in [0.15, 0.2) is 6.61 Å². The van der Waals surface area contributed by atoms with Gasteiger partial charge in [0, 0.05) is 5.69 Å². The Balaban J connectivity index is 1.98. The van der Waals surface area contributed by atoms with Crippen molar-refractivity contribution in [3.05, 3.63) is 59.7 Å². The lowest BCUT2D eigenvalue weighted by Gasteiger charge is -2.15. The molecule has 2 aromatic carbocycles. The molecule has 3 nitrogen and oxygen atoms in total. The molecule has 0 unspecified atom stereocenters. The van der Waals surface area contributed by atoms with Crippen LogP contribution in [0.2, 0.25) is 0 Å². The highest BCUT2D eigenvalue weighted by Crippen LogP contribution is 2.26. The number of ether oxygens (including phenoxy) is 1. The summed E-state index contributed by atoms with van der Waals surface area (Å²) >= 11 is 0. The third-order valence-electron chi connectivity index (χ3n) is 3.74. The molecule has 0 radical (unpaired) electrons. The first-order valence-electron chi connectivity index (χ1n) is 7.68. The van der Waals surface area contributed by atoms with Gasteiger partial charge in [-0.15, -0.1) is 0 Å². The highest BCUT2D eigenvalue weighted by molar-refractivity contribution is 5.92. The zero-order valence-electron chi connectivity index (χ0n) is 13.4. The van der Waals surface area contributed by atoms with Gasteiger partial charge in [0.2, 0.25) is 0 Å². The van der Waals surface area contributed by atoms with Gasteiger partial charge in [-0.2, -0.15) is 0 Å². The molecule has 0 heterocycles. The number of amides is 1. The number of hydrogen-bond donors (Lipinski definition) is 1. The van der Waals surface area contributed by atoms with E-state index in [0.29, 0.717) is 11.7 Å². The van der Waals surface area contributed by atoms with Crippen molar-refractivity contribution in [2.24, 2.45) is 0 Å². The fourth-order valence-electron chi connectivity index (χ4n) is 2.30. The molecular formula is C19H23NO2. The van der Waals surface area contributed by atoms with Gasteiger partial charge in [-0.1, -0.05) is 44.2 Å². The SMILES string of the molecule is CC[C@@H](C)c1ccccc1NC(=O)COc1cccc(C)c1. The maximum atomic E-state index is 12.1. The summed E-state index contributed by atoms with van der Waals surface area (Å²) in [6.45, 7) is 6.31. The molecule has 0 spiro atoms. The number of carbonyl (C=O) groups excluding carboxylic acids is 1. The summed E-state index contributed by atoms with van der Waals surface area (Å²) in [6, 6.07) is 15.6. The molecule has 116 valence electrons. The maximum Gasteiger partial charge on any atom is 0.262 e. The number of benzene rings is 2. The molecule has 1 amide bonds. The van der Waals surface area contributed by atoms with Gasteiger partial charge >= 0.3 is 0 Å². The van der Waals surface area contributed by atoms with Crippen LogP contribution in [0, 0.1) is 6.92 Å². The molecule has 3 heteroatoms. The maximum absolute atomic E-state index is 12.1. The highest BCUT2D eigenvalue weighted by atomic mass is 16.5. The summed E-state index contributed by atoms with van der Waals surface area (Å²) in [7, 11) is 0. The van der Waals surface area contributed by atoms with E-state index in [1.165, 1.54) is 0 Å². The highest BCUT2D eigenvalue weighted by Gasteiger charge is 2.11. The minimum absolute atomic E-state index is 0.0122. The van der Waals surface area contributed by atoms with Crippen molar-refractivity contribution >= 4 is 11.6 Å². The Bertz CT molecular complexity index is 637. The van der Waals surface area contributed by atoms with E-state index in [-0.39, 0.29) is 12.5 Å². The summed E-state index contributed by atoms with van der Waals surface area (Å²) in [5.74, 6) is 0.983. The number of anilines is 1. The molecule has 0 aliphatic carbocycles. The second-order valence-electron chi connectivity index (χ2n) is 5.55. The van der Waals surface area contributed by atoms with E-state index in [2.05, 4.69) is 25.2 Å². The summed E-state index contributed by atoms with van der Waals surface area (Å²) in [5.41, 5.74) is 3.14. The Kier molecular flexibility index (Phi) is 5.59. The van der Waals surface area contributed by atoms with Gasteiger partial charge in [0.25, 0.3) is 5.91 Å². The molecule has 0 aliphatic heterocycles. The van der Waals surface area contributed by atoms with Crippen molar-refractivity contribution in [2.45, 2.75) is 33.1 Å². The molecule has 1 atom stereocenters. The number of rotatable bonds is 6. The van der Waals surface area contributed by atoms with Gasteiger partial charge in [-0.3, -0.25) is 4.79 Å². The van der Waals surface area contributed by atoms with Crippen LogP contribution in [0.5, 0.6) is 5.75 Å². The molecule has 0 bridgehead atoms. The van der Waals surface area contributed by atoms with Crippen LogP contribution >= 0.6 is 0 Å². The van der Waals surface area contributed by atoms with Gasteiger partial charge < -0.3 is 10.1 Å². The molecule has 0 aromatic heterocycles. The Morgan fingerprint density at radius 3 is 2.68 bits per heavy atom. The normalized spacial score (nSPS) is 11.8. The number of nitrogens with one attached hydrogen (secondary N) is 1. The minimum Gasteiger partial charge on any atom is -0.484 e. The predicted molar refractivity (Wildman–Crippen MR) is 90.5 cm³/mol. The summed E-state index contributed by atoms with van der Waals surface area (Å²) in [6.07, 6.45) is 1.03. The van der Waals surface area contributed by atoms with Crippen LogP contribution in [0.4, 0.5) is 5.69 Å². The van der Waals surface area contributed by atoms with E-state index >= 15 is 0 Å². The first kappa shape index (κ1) is 16.1. The monoisotopic (exact) mass is 297 g/mol. The lowest BCUT2D eigenvalue weighted by atomic mass is 9.97. The molecule has 2 rings (SSSR count). The largest absolute Gasteiger partial charge is 0.484 e. The fraction of sp³-hybridized carbons (Fsp3) is 0.316. The van der Waals surface area contributed by atoms with E-state index in [0.717, 1.165) is 23.2 Å². The summed E-state index contributed by atoms with van der Waals surface area (Å²) < 4.78 is 5.54. The molecule has 0 saturated heterocycles. The lowest BCUT2D eigenvalue weighted by Crippen LogP contribution is -2.21. The number of para-hydroxylation sites is 1. The van der Waals surface area contributed by atoms with E-state index in [1.807, 2.05) is 49.4 Å². The smallest absolute Gasteiger partial charge is 0.262 e. The van der Waals surface area contributed by atoms with E-state index in [4.69, 9.17) is 4.74 Å². The van der Waals surface area contributed by atoms with Crippen molar-refractivity contribution in [3.8, 4) is 5.75 Å². The van der Waals surface area contributed by atoms with Crippen LogP contribution in [-0.2, 0) is 4.79 Å². The standard InChI is InChI=1S/C19H23NO2/c1-4-15(3)17-10-5-6-11-18(17)20-19(21)13-22-16-9-7-8-14(2)12-16/h5-12,15H,4,13H2,1-3H3,(H,20,21)/t15-/m1/s1. The third kappa shape index (κ3) is 4.35. The van der Waals surface area contributed by atoms with E-state index in [9.17, 15) is 4.79 Å². The van der Waals surface area contributed by atoms with E-state index < -0.39 is 0 Å². The van der Waals surface area contributed by atoms with Gasteiger partial charge in [-0.25, -0.2) is 0 Å². The number of hydrogen-bond acceptors (Lipinski definition) is 2. The van der Waals surface area contributed by atoms with Crippen molar-refractivity contribution in [1.29, 1.82) is 0 Å². The molecule has 0 saturated carbocycles. The van der Waals surface area contributed by atoms with Gasteiger partial charge in [0.05, 0.1) is 0 Å². The van der Waals surface area contributed by atoms with Crippen molar-refractivity contribution < 1.29 is 9.53 Å². The molecule has 22 heavy (non-hydrogen) atoms. The van der Waals surface area contributed by atoms with Crippen LogP contribution < -0.4 is 10.1 Å². The first-order valence-corrected chi connectivity index (χ1v) is 7.68. The fourth-order valence-corrected chi connectivity index (χ4v) is 2.30. The second-order valence-corrected chi connectivity index (χ2v) is 5.55. The topological polar surface area (TPSA) is 38.3 Å². The van der Waals surface area contributed by atoms with E-state index in [1.54, 1.807) is 0 Å². The van der Waals surface area contributed by atoms with Crippen LogP contribution in [-0.4, -0.2) is 12.5 Å². The lowest BCUT2D eigenvalue weighted by molar-refractivity contribution is -0.118. The Morgan fingerprint density at radius 2 is 1.95 bits per heavy atom. The van der Waals surface area contributed by atoms with Crippen LogP contribution in [0.25, 0.3) is 0 Å². The molecular weight excluding hydrogens is 274 g/mol. The average molecular weight is 297 g/mol. The van der Waals surface area contributed by atoms with Gasteiger partial charge in [-0.05, 0) is 48.6 Å². The van der Waals surface area contributed by atoms with Crippen LogP contribution in [0.1, 0.15) is 37.3 Å². The predicted octanol–water partition coefficient (Wildman–Crippen LogP) is 4.53. The number of carbonyl (C=O) groups is 1. The first-order chi connectivity index (χ1) is 10.6. The third-order valence-corrected chi connectivity index (χ3v) is 3.74. The summed E-state index contributed by atoms with van der Waals surface area (Å²) in [4.78, 5) is 12.1. The van der Waals surface area contributed by atoms with Crippen LogP contribution in [0.3, 0.4) is 0 Å². The summed E-state index contributed by atoms with van der Waals surface area (Å²) in [5, 5.41) is 2.95. The zero-order chi connectivity index (χ0) is 15.9. The Morgan fingerprint density at radius 1 is 1.18 bits per heavy atom.